The zero-order valence-electron chi connectivity index (χ0n) is 14.1. The van der Waals surface area contributed by atoms with Crippen molar-refractivity contribution in [3.8, 4) is 0 Å². The number of anilines is 1. The molecule has 0 radical (unpaired) electrons. The highest BCUT2D eigenvalue weighted by Crippen LogP contribution is 2.17. The van der Waals surface area contributed by atoms with Crippen LogP contribution in [-0.4, -0.2) is 18.8 Å². The largest absolute Gasteiger partial charge is 0.383 e. The van der Waals surface area contributed by atoms with Crippen LogP contribution < -0.4 is 10.6 Å². The molecule has 0 atom stereocenters. The Labute approximate surface area is 148 Å². The third kappa shape index (κ3) is 4.32. The molecule has 3 rings (SSSR count). The average Bonchev–Trinajstić information content (AvgIpc) is 2.69. The average molecular weight is 328 g/mol. The van der Waals surface area contributed by atoms with Crippen LogP contribution in [0.5, 0.6) is 0 Å². The molecule has 0 unspecified atom stereocenters. The number of rotatable bonds is 3. The van der Waals surface area contributed by atoms with Crippen molar-refractivity contribution in [3.05, 3.63) is 96.6 Å². The summed E-state index contributed by atoms with van der Waals surface area (Å²) in [5.41, 5.74) is 8.89. The van der Waals surface area contributed by atoms with E-state index in [0.29, 0.717) is 11.8 Å². The molecule has 0 heterocycles. The molecule has 0 spiro atoms. The van der Waals surface area contributed by atoms with Gasteiger partial charge >= 0.3 is 0 Å². The smallest absolute Gasteiger partial charge is 0.232 e. The highest BCUT2D eigenvalue weighted by molar-refractivity contribution is 6.09. The normalized spacial score (nSPS) is 12.0. The Morgan fingerprint density at radius 1 is 0.760 bits per heavy atom. The van der Waals surface area contributed by atoms with Gasteiger partial charge < -0.3 is 10.6 Å². The fourth-order valence-electron chi connectivity index (χ4n) is 2.34. The van der Waals surface area contributed by atoms with E-state index in [1.165, 1.54) is 0 Å². The van der Waals surface area contributed by atoms with E-state index in [2.05, 4.69) is 9.98 Å². The van der Waals surface area contributed by atoms with Gasteiger partial charge in [0.15, 0.2) is 0 Å². The topological polar surface area (TPSA) is 54.0 Å². The summed E-state index contributed by atoms with van der Waals surface area (Å²) in [6, 6.07) is 29.4. The number of hydrogen-bond donors (Lipinski definition) is 1. The van der Waals surface area contributed by atoms with Crippen LogP contribution in [0.2, 0.25) is 0 Å². The number of nitrogens with two attached hydrogens (primary N) is 1. The fourth-order valence-corrected chi connectivity index (χ4v) is 2.34. The Morgan fingerprint density at radius 2 is 1.28 bits per heavy atom. The highest BCUT2D eigenvalue weighted by Gasteiger charge is 2.10. The summed E-state index contributed by atoms with van der Waals surface area (Å²) < 4.78 is 0. The van der Waals surface area contributed by atoms with Gasteiger partial charge in [-0.3, -0.25) is 0 Å². The lowest BCUT2D eigenvalue weighted by Crippen LogP contribution is -2.27. The Kier molecular flexibility index (Phi) is 5.22. The van der Waals surface area contributed by atoms with Crippen molar-refractivity contribution in [2.75, 3.05) is 11.9 Å². The summed E-state index contributed by atoms with van der Waals surface area (Å²) in [5.74, 6) is 0.955. The Bertz CT molecular complexity index is 856. The minimum atomic E-state index is 0.429. The van der Waals surface area contributed by atoms with Crippen LogP contribution in [-0.2, 0) is 0 Å². The lowest BCUT2D eigenvalue weighted by molar-refractivity contribution is 1.21. The summed E-state index contributed by atoms with van der Waals surface area (Å²) >= 11 is 0. The minimum Gasteiger partial charge on any atom is -0.383 e. The monoisotopic (exact) mass is 328 g/mol. The van der Waals surface area contributed by atoms with Crippen molar-refractivity contribution in [3.63, 3.8) is 0 Å². The van der Waals surface area contributed by atoms with E-state index in [9.17, 15) is 0 Å². The molecule has 4 heteroatoms. The lowest BCUT2D eigenvalue weighted by atomic mass is 10.2. The van der Waals surface area contributed by atoms with E-state index in [1.807, 2.05) is 103 Å². The van der Waals surface area contributed by atoms with Crippen LogP contribution in [0.4, 0.5) is 11.4 Å². The van der Waals surface area contributed by atoms with Gasteiger partial charge in [-0.15, -0.1) is 0 Å². The zero-order chi connectivity index (χ0) is 17.5. The third-order valence-electron chi connectivity index (χ3n) is 3.72. The number of aliphatic imine (C=N–C) groups is 2. The molecule has 0 aliphatic rings. The number of para-hydroxylation sites is 2. The molecule has 0 saturated heterocycles. The zero-order valence-corrected chi connectivity index (χ0v) is 14.1. The maximum atomic E-state index is 6.21. The predicted octanol–water partition coefficient (Wildman–Crippen LogP) is 4.22. The first-order valence-electron chi connectivity index (χ1n) is 8.06. The van der Waals surface area contributed by atoms with Crippen molar-refractivity contribution < 1.29 is 0 Å². The molecule has 3 aromatic rings. The summed E-state index contributed by atoms with van der Waals surface area (Å²) in [7, 11) is 1.93. The molecule has 4 nitrogen and oxygen atoms in total. The molecule has 0 amide bonds. The minimum absolute atomic E-state index is 0.429. The predicted molar refractivity (Wildman–Crippen MR) is 106 cm³/mol. The molecule has 0 aliphatic carbocycles. The molecule has 25 heavy (non-hydrogen) atoms. The van der Waals surface area contributed by atoms with E-state index in [-0.39, 0.29) is 0 Å². The van der Waals surface area contributed by atoms with Gasteiger partial charge in [-0.25, -0.2) is 4.99 Å². The van der Waals surface area contributed by atoms with Crippen molar-refractivity contribution in [1.82, 2.24) is 0 Å². The van der Waals surface area contributed by atoms with Crippen molar-refractivity contribution in [2.24, 2.45) is 15.7 Å². The van der Waals surface area contributed by atoms with Crippen molar-refractivity contribution in [1.29, 1.82) is 0 Å². The molecule has 0 aliphatic heterocycles. The van der Waals surface area contributed by atoms with Gasteiger partial charge in [0.25, 0.3) is 0 Å². The first kappa shape index (κ1) is 16.5. The molecular weight excluding hydrogens is 308 g/mol. The van der Waals surface area contributed by atoms with Gasteiger partial charge in [0, 0.05) is 18.3 Å². The van der Waals surface area contributed by atoms with Crippen LogP contribution in [0.3, 0.4) is 0 Å². The molecule has 3 aromatic carbocycles. The van der Waals surface area contributed by atoms with Gasteiger partial charge in [-0.2, -0.15) is 4.99 Å². The first-order chi connectivity index (χ1) is 12.2. The second-order valence-electron chi connectivity index (χ2n) is 5.50. The number of amidine groups is 1. The van der Waals surface area contributed by atoms with E-state index < -0.39 is 0 Å². The van der Waals surface area contributed by atoms with Crippen LogP contribution >= 0.6 is 0 Å². The summed E-state index contributed by atoms with van der Waals surface area (Å²) in [5, 5.41) is 0. The molecule has 0 saturated carbocycles. The number of guanidine groups is 1. The van der Waals surface area contributed by atoms with E-state index >= 15 is 0 Å². The molecule has 124 valence electrons. The van der Waals surface area contributed by atoms with Crippen LogP contribution in [0.15, 0.2) is 101 Å². The second-order valence-corrected chi connectivity index (χ2v) is 5.50. The van der Waals surface area contributed by atoms with E-state index in [4.69, 9.17) is 5.73 Å². The third-order valence-corrected chi connectivity index (χ3v) is 3.72. The second kappa shape index (κ2) is 7.93. The summed E-state index contributed by atoms with van der Waals surface area (Å²) in [4.78, 5) is 11.2. The molecular formula is C21H20N4. The Balaban J connectivity index is 2.02. The summed E-state index contributed by atoms with van der Waals surface area (Å²) in [6.07, 6.45) is 0. The Hall–Kier alpha value is -3.40. The quantitative estimate of drug-likeness (QED) is 0.578. The fraction of sp³-hybridized carbons (Fsp3) is 0.0476. The van der Waals surface area contributed by atoms with Crippen LogP contribution in [0.25, 0.3) is 0 Å². The maximum absolute atomic E-state index is 6.21. The maximum Gasteiger partial charge on any atom is 0.232 e. The van der Waals surface area contributed by atoms with Crippen molar-refractivity contribution in [2.45, 2.75) is 0 Å². The van der Waals surface area contributed by atoms with Gasteiger partial charge in [0.05, 0.1) is 5.69 Å². The Morgan fingerprint density at radius 3 is 1.88 bits per heavy atom. The highest BCUT2D eigenvalue weighted by atomic mass is 15.3. The number of nitrogens with zero attached hydrogens (tertiary/aromatic N) is 3. The molecule has 0 fully saturated rings. The number of benzene rings is 3. The molecule has 0 aromatic heterocycles. The van der Waals surface area contributed by atoms with Gasteiger partial charge in [-0.1, -0.05) is 66.7 Å². The summed E-state index contributed by atoms with van der Waals surface area (Å²) in [6.45, 7) is 0. The van der Waals surface area contributed by atoms with E-state index in [0.717, 1.165) is 16.9 Å². The standard InChI is InChI=1S/C21H20N4/c1-25(19-15-9-4-10-16-19)21(23-18-13-7-3-8-14-18)24-20(22)17-11-5-2-6-12-17/h2-16H,1H3,(H2,22,23,24). The first-order valence-corrected chi connectivity index (χ1v) is 8.06. The number of hydrogen-bond acceptors (Lipinski definition) is 1. The molecule has 0 bridgehead atoms. The van der Waals surface area contributed by atoms with Gasteiger partial charge in [0.2, 0.25) is 5.96 Å². The lowest BCUT2D eigenvalue weighted by Gasteiger charge is -2.19. The van der Waals surface area contributed by atoms with Gasteiger partial charge in [-0.05, 0) is 24.3 Å². The SMILES string of the molecule is CN(C(N=C(N)c1ccccc1)=Nc1ccccc1)c1ccccc1. The van der Waals surface area contributed by atoms with E-state index in [1.54, 1.807) is 0 Å². The molecule has 2 N–H and O–H groups in total. The van der Waals surface area contributed by atoms with Crippen LogP contribution in [0.1, 0.15) is 5.56 Å². The van der Waals surface area contributed by atoms with Gasteiger partial charge in [0.1, 0.15) is 5.84 Å². The van der Waals surface area contributed by atoms with Crippen molar-refractivity contribution >= 4 is 23.2 Å². The van der Waals surface area contributed by atoms with Crippen LogP contribution in [0, 0.1) is 0 Å².